The van der Waals surface area contributed by atoms with E-state index in [-0.39, 0.29) is 0 Å². The number of hydrogen-bond acceptors (Lipinski definition) is 2. The first-order valence-corrected chi connectivity index (χ1v) is 6.77. The van der Waals surface area contributed by atoms with Crippen molar-refractivity contribution in [2.75, 3.05) is 18.0 Å². The third-order valence-electron chi connectivity index (χ3n) is 3.57. The van der Waals surface area contributed by atoms with Crippen molar-refractivity contribution in [3.05, 3.63) is 29.3 Å². The van der Waals surface area contributed by atoms with E-state index in [1.165, 1.54) is 49.2 Å². The van der Waals surface area contributed by atoms with Gasteiger partial charge in [0.15, 0.2) is 0 Å². The minimum Gasteiger partial charge on any atom is -0.371 e. The normalized spacial score (nSPS) is 15.2. The van der Waals surface area contributed by atoms with Crippen molar-refractivity contribution in [1.29, 1.82) is 0 Å². The highest BCUT2D eigenvalue weighted by Gasteiger charge is 2.16. The maximum Gasteiger partial charge on any atom is 0.0398 e. The monoisotopic (exact) mass is 232 g/mol. The van der Waals surface area contributed by atoms with Gasteiger partial charge >= 0.3 is 0 Å². The summed E-state index contributed by atoms with van der Waals surface area (Å²) in [5.41, 5.74) is 9.89. The lowest BCUT2D eigenvalue weighted by Gasteiger charge is -2.32. The predicted molar refractivity (Wildman–Crippen MR) is 74.3 cm³/mol. The third-order valence-corrected chi connectivity index (χ3v) is 3.57. The van der Waals surface area contributed by atoms with Crippen LogP contribution in [-0.2, 0) is 13.0 Å². The highest BCUT2D eigenvalue weighted by atomic mass is 15.1. The molecule has 0 unspecified atom stereocenters. The molecule has 2 N–H and O–H groups in total. The Balaban J connectivity index is 2.14. The summed E-state index contributed by atoms with van der Waals surface area (Å²) in [5, 5.41) is 0. The molecule has 1 aromatic carbocycles. The minimum absolute atomic E-state index is 0.652. The summed E-state index contributed by atoms with van der Waals surface area (Å²) in [6, 6.07) is 6.72. The highest BCUT2D eigenvalue weighted by molar-refractivity contribution is 5.56. The van der Waals surface area contributed by atoms with E-state index in [2.05, 4.69) is 36.9 Å². The van der Waals surface area contributed by atoms with Crippen molar-refractivity contribution in [1.82, 2.24) is 0 Å². The van der Waals surface area contributed by atoms with Gasteiger partial charge in [-0.3, -0.25) is 0 Å². The molecule has 0 fully saturated rings. The van der Waals surface area contributed by atoms with Gasteiger partial charge in [-0.2, -0.15) is 0 Å². The minimum atomic E-state index is 0.652. The highest BCUT2D eigenvalue weighted by Crippen LogP contribution is 2.28. The van der Waals surface area contributed by atoms with E-state index in [1.807, 2.05) is 0 Å². The average molecular weight is 232 g/mol. The predicted octanol–water partition coefficient (Wildman–Crippen LogP) is 2.94. The van der Waals surface area contributed by atoms with Gasteiger partial charge in [0.05, 0.1) is 0 Å². The second kappa shape index (κ2) is 5.54. The summed E-state index contributed by atoms with van der Waals surface area (Å²) in [6.07, 6.45) is 3.76. The maximum atomic E-state index is 5.70. The van der Waals surface area contributed by atoms with Crippen LogP contribution in [0.3, 0.4) is 0 Å². The number of fused-ring (bicyclic) bond motifs is 1. The Labute approximate surface area is 105 Å². The fraction of sp³-hybridized carbons (Fsp3) is 0.600. The quantitative estimate of drug-likeness (QED) is 0.865. The lowest BCUT2D eigenvalue weighted by atomic mass is 9.98. The Morgan fingerprint density at radius 2 is 2.18 bits per heavy atom. The van der Waals surface area contributed by atoms with Crippen LogP contribution < -0.4 is 10.6 Å². The van der Waals surface area contributed by atoms with Crippen molar-refractivity contribution >= 4 is 5.69 Å². The molecule has 2 heteroatoms. The zero-order chi connectivity index (χ0) is 12.3. The Morgan fingerprint density at radius 3 is 2.88 bits per heavy atom. The second-order valence-electron chi connectivity index (χ2n) is 5.44. The van der Waals surface area contributed by atoms with Crippen molar-refractivity contribution < 1.29 is 0 Å². The largest absolute Gasteiger partial charge is 0.371 e. The van der Waals surface area contributed by atoms with Crippen LogP contribution in [0, 0.1) is 5.92 Å². The van der Waals surface area contributed by atoms with E-state index >= 15 is 0 Å². The summed E-state index contributed by atoms with van der Waals surface area (Å²) >= 11 is 0. The van der Waals surface area contributed by atoms with E-state index < -0.39 is 0 Å². The van der Waals surface area contributed by atoms with Gasteiger partial charge < -0.3 is 10.6 Å². The molecule has 0 spiro atoms. The summed E-state index contributed by atoms with van der Waals surface area (Å²) in [7, 11) is 0. The number of anilines is 1. The zero-order valence-corrected chi connectivity index (χ0v) is 11.1. The molecular formula is C15H24N2. The fourth-order valence-electron chi connectivity index (χ4n) is 2.50. The number of nitrogens with zero attached hydrogens (tertiary/aromatic N) is 1. The van der Waals surface area contributed by atoms with Crippen LogP contribution in [0.1, 0.15) is 37.8 Å². The number of hydrogen-bond donors (Lipinski definition) is 1. The molecule has 2 nitrogen and oxygen atoms in total. The summed E-state index contributed by atoms with van der Waals surface area (Å²) in [6.45, 7) is 7.64. The Bertz CT molecular complexity index is 371. The molecule has 0 amide bonds. The van der Waals surface area contributed by atoms with Gasteiger partial charge in [-0.15, -0.1) is 0 Å². The fourth-order valence-corrected chi connectivity index (χ4v) is 2.50. The Hall–Kier alpha value is -1.02. The zero-order valence-electron chi connectivity index (χ0n) is 11.1. The van der Waals surface area contributed by atoms with Gasteiger partial charge in [0.2, 0.25) is 0 Å². The van der Waals surface area contributed by atoms with Crippen LogP contribution in [-0.4, -0.2) is 13.1 Å². The standard InChI is InChI=1S/C15H24N2/c1-12(2)7-9-17-8-3-4-14-10-13(11-16)5-6-15(14)17/h5-6,10,12H,3-4,7-9,11,16H2,1-2H3. The van der Waals surface area contributed by atoms with Crippen molar-refractivity contribution in [2.45, 2.75) is 39.7 Å². The molecule has 1 aliphatic rings. The lowest BCUT2D eigenvalue weighted by molar-refractivity contribution is 0.560. The van der Waals surface area contributed by atoms with Gasteiger partial charge in [0.1, 0.15) is 0 Å². The van der Waals surface area contributed by atoms with E-state index in [4.69, 9.17) is 5.73 Å². The van der Waals surface area contributed by atoms with Crippen LogP contribution in [0.25, 0.3) is 0 Å². The van der Waals surface area contributed by atoms with Crippen molar-refractivity contribution in [3.63, 3.8) is 0 Å². The van der Waals surface area contributed by atoms with Crippen molar-refractivity contribution in [2.24, 2.45) is 11.7 Å². The van der Waals surface area contributed by atoms with Gasteiger partial charge in [0, 0.05) is 25.3 Å². The lowest BCUT2D eigenvalue weighted by Crippen LogP contribution is -2.31. The molecule has 1 aliphatic heterocycles. The van der Waals surface area contributed by atoms with Gasteiger partial charge in [0.25, 0.3) is 0 Å². The molecule has 0 atom stereocenters. The van der Waals surface area contributed by atoms with Crippen LogP contribution in [0.2, 0.25) is 0 Å². The number of benzene rings is 1. The van der Waals surface area contributed by atoms with E-state index in [9.17, 15) is 0 Å². The van der Waals surface area contributed by atoms with E-state index in [0.29, 0.717) is 6.54 Å². The van der Waals surface area contributed by atoms with Crippen LogP contribution in [0.4, 0.5) is 5.69 Å². The third kappa shape index (κ3) is 3.01. The molecule has 94 valence electrons. The molecule has 0 aromatic heterocycles. The molecule has 1 aromatic rings. The SMILES string of the molecule is CC(C)CCN1CCCc2cc(CN)ccc21. The van der Waals surface area contributed by atoms with Gasteiger partial charge in [-0.05, 0) is 42.4 Å². The summed E-state index contributed by atoms with van der Waals surface area (Å²) in [5.74, 6) is 0.781. The molecule has 17 heavy (non-hydrogen) atoms. The first kappa shape index (κ1) is 12.4. The van der Waals surface area contributed by atoms with Crippen LogP contribution in [0.5, 0.6) is 0 Å². The Morgan fingerprint density at radius 1 is 1.35 bits per heavy atom. The molecule has 0 saturated carbocycles. The summed E-state index contributed by atoms with van der Waals surface area (Å²) < 4.78 is 0. The molecular weight excluding hydrogens is 208 g/mol. The van der Waals surface area contributed by atoms with Crippen molar-refractivity contribution in [3.8, 4) is 0 Å². The molecule has 0 radical (unpaired) electrons. The number of rotatable bonds is 4. The molecule has 0 bridgehead atoms. The molecule has 0 aliphatic carbocycles. The van der Waals surface area contributed by atoms with E-state index in [0.717, 1.165) is 5.92 Å². The Kier molecular flexibility index (Phi) is 4.06. The smallest absolute Gasteiger partial charge is 0.0398 e. The molecule has 2 rings (SSSR count). The first-order chi connectivity index (χ1) is 8.20. The van der Waals surface area contributed by atoms with E-state index in [1.54, 1.807) is 0 Å². The second-order valence-corrected chi connectivity index (χ2v) is 5.44. The average Bonchev–Trinajstić information content (AvgIpc) is 2.35. The first-order valence-electron chi connectivity index (χ1n) is 6.77. The molecule has 0 saturated heterocycles. The number of aryl methyl sites for hydroxylation is 1. The van der Waals surface area contributed by atoms with Crippen LogP contribution >= 0.6 is 0 Å². The van der Waals surface area contributed by atoms with Crippen LogP contribution in [0.15, 0.2) is 18.2 Å². The van der Waals surface area contributed by atoms with Gasteiger partial charge in [-0.25, -0.2) is 0 Å². The topological polar surface area (TPSA) is 29.3 Å². The van der Waals surface area contributed by atoms with Gasteiger partial charge in [-0.1, -0.05) is 26.0 Å². The molecule has 1 heterocycles. The summed E-state index contributed by atoms with van der Waals surface area (Å²) in [4.78, 5) is 2.54. The maximum absolute atomic E-state index is 5.70. The number of nitrogens with two attached hydrogens (primary N) is 1.